The van der Waals surface area contributed by atoms with Crippen LogP contribution in [-0.2, 0) is 6.54 Å². The standard InChI is InChI=1S/C22H28N2O2S/c25-22(24-11-3-4-12-24)20-7-1-2-8-21(20)26-16-18-6-5-10-23(14-18)15-19-9-13-27-17-19/h1-2,7-9,13,17-18H,3-6,10-12,14-16H2. The molecule has 2 aliphatic rings. The zero-order chi connectivity index (χ0) is 18.5. The van der Waals surface area contributed by atoms with Crippen molar-refractivity contribution in [3.63, 3.8) is 0 Å². The number of benzene rings is 1. The maximum atomic E-state index is 12.8. The Morgan fingerprint density at radius 3 is 2.78 bits per heavy atom. The molecule has 0 N–H and O–H groups in total. The van der Waals surface area contributed by atoms with Crippen LogP contribution in [-0.4, -0.2) is 48.5 Å². The molecule has 0 aliphatic carbocycles. The fourth-order valence-corrected chi connectivity index (χ4v) is 4.80. The minimum absolute atomic E-state index is 0.117. The van der Waals surface area contributed by atoms with Crippen molar-refractivity contribution in [1.29, 1.82) is 0 Å². The molecule has 0 saturated carbocycles. The lowest BCUT2D eigenvalue weighted by molar-refractivity contribution is 0.0784. The molecule has 1 atom stereocenters. The van der Waals surface area contributed by atoms with Gasteiger partial charge in [0, 0.05) is 32.1 Å². The van der Waals surface area contributed by atoms with Gasteiger partial charge in [0.2, 0.25) is 0 Å². The summed E-state index contributed by atoms with van der Waals surface area (Å²) in [7, 11) is 0. The highest BCUT2D eigenvalue weighted by molar-refractivity contribution is 7.07. The van der Waals surface area contributed by atoms with E-state index in [0.717, 1.165) is 51.3 Å². The van der Waals surface area contributed by atoms with E-state index in [1.807, 2.05) is 29.2 Å². The van der Waals surface area contributed by atoms with Crippen LogP contribution in [0.4, 0.5) is 0 Å². The van der Waals surface area contributed by atoms with Gasteiger partial charge < -0.3 is 9.64 Å². The smallest absolute Gasteiger partial charge is 0.257 e. The number of rotatable bonds is 6. The van der Waals surface area contributed by atoms with Crippen LogP contribution in [0.1, 0.15) is 41.6 Å². The zero-order valence-corrected chi connectivity index (χ0v) is 16.6. The van der Waals surface area contributed by atoms with Crippen LogP contribution >= 0.6 is 11.3 Å². The number of likely N-dealkylation sites (tertiary alicyclic amines) is 2. The molecule has 1 aromatic heterocycles. The lowest BCUT2D eigenvalue weighted by Gasteiger charge is -2.32. The van der Waals surface area contributed by atoms with Gasteiger partial charge in [0.1, 0.15) is 5.75 Å². The normalized spacial score (nSPS) is 20.7. The number of amides is 1. The first-order valence-corrected chi connectivity index (χ1v) is 11.0. The highest BCUT2D eigenvalue weighted by Crippen LogP contribution is 2.25. The third-order valence-electron chi connectivity index (χ3n) is 5.57. The Kier molecular flexibility index (Phi) is 6.10. The average Bonchev–Trinajstić information content (AvgIpc) is 3.40. The minimum Gasteiger partial charge on any atom is -0.492 e. The van der Waals surface area contributed by atoms with E-state index < -0.39 is 0 Å². The van der Waals surface area contributed by atoms with Crippen LogP contribution in [0.15, 0.2) is 41.1 Å². The van der Waals surface area contributed by atoms with E-state index in [4.69, 9.17) is 4.74 Å². The lowest BCUT2D eigenvalue weighted by Crippen LogP contribution is -2.37. The van der Waals surface area contributed by atoms with E-state index in [0.29, 0.717) is 18.1 Å². The summed E-state index contributed by atoms with van der Waals surface area (Å²) < 4.78 is 6.17. The Morgan fingerprint density at radius 1 is 1.11 bits per heavy atom. The molecule has 1 amide bonds. The molecular weight excluding hydrogens is 356 g/mol. The Labute approximate surface area is 165 Å². The molecular formula is C22H28N2O2S. The van der Waals surface area contributed by atoms with Crippen molar-refractivity contribution in [2.75, 3.05) is 32.8 Å². The van der Waals surface area contributed by atoms with E-state index in [1.54, 1.807) is 11.3 Å². The van der Waals surface area contributed by atoms with Crippen LogP contribution in [0.3, 0.4) is 0 Å². The summed E-state index contributed by atoms with van der Waals surface area (Å²) in [6, 6.07) is 9.94. The molecule has 1 aromatic carbocycles. The third-order valence-corrected chi connectivity index (χ3v) is 6.31. The first-order chi connectivity index (χ1) is 13.3. The molecule has 2 fully saturated rings. The number of piperidine rings is 1. The number of hydrogen-bond donors (Lipinski definition) is 0. The van der Waals surface area contributed by atoms with Crippen LogP contribution in [0.25, 0.3) is 0 Å². The van der Waals surface area contributed by atoms with Gasteiger partial charge in [-0.3, -0.25) is 9.69 Å². The maximum Gasteiger partial charge on any atom is 0.257 e. The van der Waals surface area contributed by atoms with Crippen LogP contribution in [0, 0.1) is 5.92 Å². The summed E-state index contributed by atoms with van der Waals surface area (Å²) in [5, 5.41) is 4.38. The Balaban J connectivity index is 1.35. The molecule has 0 bridgehead atoms. The molecule has 0 spiro atoms. The molecule has 5 heteroatoms. The fraction of sp³-hybridized carbons (Fsp3) is 0.500. The third kappa shape index (κ3) is 4.71. The fourth-order valence-electron chi connectivity index (χ4n) is 4.14. The number of carbonyl (C=O) groups is 1. The van der Waals surface area contributed by atoms with E-state index in [9.17, 15) is 4.79 Å². The summed E-state index contributed by atoms with van der Waals surface area (Å²) >= 11 is 1.76. The van der Waals surface area contributed by atoms with Gasteiger partial charge in [-0.1, -0.05) is 12.1 Å². The second kappa shape index (κ2) is 8.89. The van der Waals surface area contributed by atoms with E-state index in [-0.39, 0.29) is 5.91 Å². The molecule has 27 heavy (non-hydrogen) atoms. The second-order valence-corrected chi connectivity index (χ2v) is 8.46. The monoisotopic (exact) mass is 384 g/mol. The van der Waals surface area contributed by atoms with E-state index in [2.05, 4.69) is 21.7 Å². The number of hydrogen-bond acceptors (Lipinski definition) is 4. The minimum atomic E-state index is 0.117. The summed E-state index contributed by atoms with van der Waals surface area (Å²) in [6.07, 6.45) is 4.63. The van der Waals surface area contributed by atoms with Gasteiger partial charge >= 0.3 is 0 Å². The Morgan fingerprint density at radius 2 is 1.96 bits per heavy atom. The number of ether oxygens (including phenoxy) is 1. The van der Waals surface area contributed by atoms with Crippen molar-refractivity contribution in [2.24, 2.45) is 5.92 Å². The first kappa shape index (κ1) is 18.5. The largest absolute Gasteiger partial charge is 0.492 e. The molecule has 2 aliphatic heterocycles. The highest BCUT2D eigenvalue weighted by Gasteiger charge is 2.24. The van der Waals surface area contributed by atoms with Crippen molar-refractivity contribution in [3.8, 4) is 5.75 Å². The van der Waals surface area contributed by atoms with Gasteiger partial charge in [-0.25, -0.2) is 0 Å². The lowest BCUT2D eigenvalue weighted by atomic mass is 9.98. The number of para-hydroxylation sites is 1. The summed E-state index contributed by atoms with van der Waals surface area (Å²) in [5.74, 6) is 1.38. The average molecular weight is 385 g/mol. The van der Waals surface area contributed by atoms with Crippen molar-refractivity contribution < 1.29 is 9.53 Å². The topological polar surface area (TPSA) is 32.8 Å². The van der Waals surface area contributed by atoms with Gasteiger partial charge in [-0.05, 0) is 66.8 Å². The predicted molar refractivity (Wildman–Crippen MR) is 109 cm³/mol. The molecule has 2 aromatic rings. The number of carbonyl (C=O) groups excluding carboxylic acids is 1. The van der Waals surface area contributed by atoms with Gasteiger partial charge in [-0.2, -0.15) is 11.3 Å². The molecule has 3 heterocycles. The number of thiophene rings is 1. The quantitative estimate of drug-likeness (QED) is 0.745. The maximum absolute atomic E-state index is 12.8. The van der Waals surface area contributed by atoms with Crippen LogP contribution < -0.4 is 4.74 Å². The van der Waals surface area contributed by atoms with Crippen LogP contribution in [0.5, 0.6) is 5.75 Å². The molecule has 4 nitrogen and oxygen atoms in total. The first-order valence-electron chi connectivity index (χ1n) is 10.0. The van der Waals surface area contributed by atoms with Gasteiger partial charge in [0.25, 0.3) is 5.91 Å². The van der Waals surface area contributed by atoms with Crippen molar-refractivity contribution >= 4 is 17.2 Å². The van der Waals surface area contributed by atoms with Crippen molar-refractivity contribution in [2.45, 2.75) is 32.2 Å². The summed E-state index contributed by atoms with van der Waals surface area (Å²) in [6.45, 7) is 5.68. The predicted octanol–water partition coefficient (Wildman–Crippen LogP) is 4.28. The molecule has 1 unspecified atom stereocenters. The summed E-state index contributed by atoms with van der Waals surface area (Å²) in [5.41, 5.74) is 2.12. The van der Waals surface area contributed by atoms with Crippen molar-refractivity contribution in [3.05, 3.63) is 52.2 Å². The highest BCUT2D eigenvalue weighted by atomic mass is 32.1. The second-order valence-electron chi connectivity index (χ2n) is 7.68. The van der Waals surface area contributed by atoms with E-state index >= 15 is 0 Å². The van der Waals surface area contributed by atoms with E-state index in [1.165, 1.54) is 18.4 Å². The molecule has 2 saturated heterocycles. The number of nitrogens with zero attached hydrogens (tertiary/aromatic N) is 2. The van der Waals surface area contributed by atoms with Gasteiger partial charge in [0.15, 0.2) is 0 Å². The molecule has 0 radical (unpaired) electrons. The summed E-state index contributed by atoms with van der Waals surface area (Å²) in [4.78, 5) is 17.3. The SMILES string of the molecule is O=C(c1ccccc1OCC1CCCN(Cc2ccsc2)C1)N1CCCC1. The van der Waals surface area contributed by atoms with Crippen LogP contribution in [0.2, 0.25) is 0 Å². The van der Waals surface area contributed by atoms with Crippen molar-refractivity contribution in [1.82, 2.24) is 9.80 Å². The Hall–Kier alpha value is -1.85. The van der Waals surface area contributed by atoms with Gasteiger partial charge in [0.05, 0.1) is 12.2 Å². The Bertz CT molecular complexity index is 741. The molecule has 144 valence electrons. The zero-order valence-electron chi connectivity index (χ0n) is 15.8. The molecule has 4 rings (SSSR count). The van der Waals surface area contributed by atoms with Gasteiger partial charge in [-0.15, -0.1) is 0 Å².